The summed E-state index contributed by atoms with van der Waals surface area (Å²) in [5.74, 6) is 1.02. The number of hydrogen-bond acceptors (Lipinski definition) is 4. The highest BCUT2D eigenvalue weighted by molar-refractivity contribution is 6.35. The summed E-state index contributed by atoms with van der Waals surface area (Å²) < 4.78 is 0. The highest BCUT2D eigenvalue weighted by Gasteiger charge is 2.46. The monoisotopic (exact) mass is 381 g/mol. The van der Waals surface area contributed by atoms with Gasteiger partial charge < -0.3 is 9.88 Å². The first-order valence-corrected chi connectivity index (χ1v) is 10.2. The molecule has 0 radical (unpaired) electrons. The predicted octanol–water partition coefficient (Wildman–Crippen LogP) is 3.99. The van der Waals surface area contributed by atoms with Gasteiger partial charge in [-0.15, -0.1) is 0 Å². The lowest BCUT2D eigenvalue weighted by Crippen LogP contribution is -2.56. The Bertz CT molecular complexity index is 974. The topological polar surface area (TPSA) is 48.1 Å². The van der Waals surface area contributed by atoms with Gasteiger partial charge in [0.25, 0.3) is 0 Å². The van der Waals surface area contributed by atoms with E-state index >= 15 is 0 Å². The minimum absolute atomic E-state index is 0.0628. The van der Waals surface area contributed by atoms with Gasteiger partial charge in [0.15, 0.2) is 0 Å². The number of H-pyrrole nitrogens is 1. The second-order valence-corrected chi connectivity index (χ2v) is 7.97. The molecule has 2 aromatic heterocycles. The van der Waals surface area contributed by atoms with E-state index in [0.29, 0.717) is 5.02 Å². The number of piperidine rings is 1. The molecule has 1 spiro atoms. The van der Waals surface area contributed by atoms with Gasteiger partial charge in [0.05, 0.1) is 28.1 Å². The molecular weight excluding hydrogens is 358 g/mol. The van der Waals surface area contributed by atoms with Crippen molar-refractivity contribution in [1.29, 1.82) is 0 Å². The maximum absolute atomic E-state index is 6.37. The minimum Gasteiger partial charge on any atom is -0.356 e. The molecule has 1 fully saturated rings. The number of hydrogen-bond donors (Lipinski definition) is 1. The molecular formula is C21H24ClN5. The Balaban J connectivity index is 1.44. The molecule has 2 aliphatic rings. The number of imidazole rings is 1. The van der Waals surface area contributed by atoms with Crippen LogP contribution >= 0.6 is 11.6 Å². The van der Waals surface area contributed by atoms with Gasteiger partial charge in [-0.05, 0) is 37.6 Å². The number of para-hydroxylation sites is 1. The molecule has 140 valence electrons. The van der Waals surface area contributed by atoms with Crippen LogP contribution in [0.1, 0.15) is 31.2 Å². The molecule has 0 amide bonds. The van der Waals surface area contributed by atoms with Crippen LogP contribution in [0.5, 0.6) is 0 Å². The third-order valence-electron chi connectivity index (χ3n) is 6.35. The van der Waals surface area contributed by atoms with E-state index < -0.39 is 0 Å². The zero-order valence-electron chi connectivity index (χ0n) is 15.6. The maximum atomic E-state index is 6.37. The fourth-order valence-electron chi connectivity index (χ4n) is 4.92. The van der Waals surface area contributed by atoms with Crippen LogP contribution in [0, 0.1) is 0 Å². The molecule has 0 unspecified atom stereocenters. The fraction of sp³-hybridized carbons (Fsp3) is 0.429. The van der Waals surface area contributed by atoms with Gasteiger partial charge in [0, 0.05) is 37.1 Å². The normalized spacial score (nSPS) is 19.6. The maximum Gasteiger partial charge on any atom is 0.129 e. The summed E-state index contributed by atoms with van der Waals surface area (Å²) in [6, 6.07) is 10.2. The lowest BCUT2D eigenvalue weighted by atomic mass is 9.78. The van der Waals surface area contributed by atoms with E-state index in [4.69, 9.17) is 21.6 Å². The van der Waals surface area contributed by atoms with Crippen LogP contribution in [-0.4, -0.2) is 46.0 Å². The molecule has 2 aliphatic heterocycles. The van der Waals surface area contributed by atoms with Crippen molar-refractivity contribution in [3.63, 3.8) is 0 Å². The summed E-state index contributed by atoms with van der Waals surface area (Å²) in [5.41, 5.74) is 3.54. The first-order valence-electron chi connectivity index (χ1n) is 9.79. The highest BCUT2D eigenvalue weighted by Crippen LogP contribution is 2.42. The number of nitrogens with zero attached hydrogens (tertiary/aromatic N) is 4. The van der Waals surface area contributed by atoms with Crippen molar-refractivity contribution in [2.75, 3.05) is 31.1 Å². The van der Waals surface area contributed by atoms with Crippen LogP contribution in [0.25, 0.3) is 10.9 Å². The molecule has 27 heavy (non-hydrogen) atoms. The van der Waals surface area contributed by atoms with Crippen molar-refractivity contribution < 1.29 is 0 Å². The van der Waals surface area contributed by atoms with Gasteiger partial charge in [-0.1, -0.05) is 30.7 Å². The molecule has 1 N–H and O–H groups in total. The molecule has 0 saturated carbocycles. The van der Waals surface area contributed by atoms with Gasteiger partial charge in [-0.25, -0.2) is 9.97 Å². The van der Waals surface area contributed by atoms with Crippen LogP contribution in [0.3, 0.4) is 0 Å². The van der Waals surface area contributed by atoms with Crippen LogP contribution in [0.4, 0.5) is 5.82 Å². The van der Waals surface area contributed by atoms with E-state index in [-0.39, 0.29) is 5.54 Å². The Hall–Kier alpha value is -2.11. The summed E-state index contributed by atoms with van der Waals surface area (Å²) >= 11 is 6.37. The lowest BCUT2D eigenvalue weighted by molar-refractivity contribution is 0.0496. The lowest BCUT2D eigenvalue weighted by Gasteiger charge is -2.50. The van der Waals surface area contributed by atoms with Crippen molar-refractivity contribution in [1.82, 2.24) is 19.9 Å². The Morgan fingerprint density at radius 2 is 2.00 bits per heavy atom. The number of halogens is 1. The van der Waals surface area contributed by atoms with Gasteiger partial charge in [-0.3, -0.25) is 4.90 Å². The predicted molar refractivity (Wildman–Crippen MR) is 109 cm³/mol. The Labute approximate surface area is 164 Å². The SMILES string of the molecule is CCN1CCc2[nH]cnc2C12CCN(c1ccc3cccc(Cl)c3n1)CC2. The molecule has 0 bridgehead atoms. The fourth-order valence-corrected chi connectivity index (χ4v) is 5.14. The smallest absolute Gasteiger partial charge is 0.129 e. The number of nitrogens with one attached hydrogen (secondary N) is 1. The number of rotatable bonds is 2. The van der Waals surface area contributed by atoms with Gasteiger partial charge in [0.2, 0.25) is 0 Å². The zero-order chi connectivity index (χ0) is 18.4. The third kappa shape index (κ3) is 2.64. The van der Waals surface area contributed by atoms with Crippen molar-refractivity contribution in [3.05, 3.63) is 53.1 Å². The van der Waals surface area contributed by atoms with E-state index in [1.807, 2.05) is 18.5 Å². The Morgan fingerprint density at radius 3 is 2.81 bits per heavy atom. The molecule has 5 nitrogen and oxygen atoms in total. The van der Waals surface area contributed by atoms with E-state index in [0.717, 1.165) is 62.2 Å². The van der Waals surface area contributed by atoms with Crippen LogP contribution in [0.15, 0.2) is 36.7 Å². The molecule has 0 aliphatic carbocycles. The van der Waals surface area contributed by atoms with Gasteiger partial charge >= 0.3 is 0 Å². The van der Waals surface area contributed by atoms with Crippen molar-refractivity contribution in [2.45, 2.75) is 31.7 Å². The average Bonchev–Trinajstić information content (AvgIpc) is 3.19. The van der Waals surface area contributed by atoms with Crippen molar-refractivity contribution >= 4 is 28.3 Å². The van der Waals surface area contributed by atoms with Gasteiger partial charge in [-0.2, -0.15) is 0 Å². The first-order chi connectivity index (χ1) is 13.2. The summed E-state index contributed by atoms with van der Waals surface area (Å²) in [4.78, 5) is 18.0. The number of aromatic amines is 1. The van der Waals surface area contributed by atoms with Crippen LogP contribution in [0.2, 0.25) is 5.02 Å². The second kappa shape index (κ2) is 6.50. The Kier molecular flexibility index (Phi) is 4.10. The summed E-state index contributed by atoms with van der Waals surface area (Å²) in [7, 11) is 0. The average molecular weight is 382 g/mol. The number of fused-ring (bicyclic) bond motifs is 3. The van der Waals surface area contributed by atoms with Crippen molar-refractivity contribution in [2.24, 2.45) is 0 Å². The standard InChI is InChI=1S/C21H24ClN5/c1-2-27-11-8-17-20(24-14-23-17)21(27)9-12-26(13-10-21)18-7-6-15-4-3-5-16(22)19(15)25-18/h3-7,14H,2,8-13H2,1H3,(H,23,24). The number of aromatic nitrogens is 3. The molecule has 0 atom stereocenters. The van der Waals surface area contributed by atoms with Crippen LogP contribution in [-0.2, 0) is 12.0 Å². The highest BCUT2D eigenvalue weighted by atomic mass is 35.5. The largest absolute Gasteiger partial charge is 0.356 e. The third-order valence-corrected chi connectivity index (χ3v) is 6.65. The molecule has 6 heteroatoms. The van der Waals surface area contributed by atoms with Crippen molar-refractivity contribution in [3.8, 4) is 0 Å². The van der Waals surface area contributed by atoms with Gasteiger partial charge in [0.1, 0.15) is 5.82 Å². The molecule has 5 rings (SSSR count). The second-order valence-electron chi connectivity index (χ2n) is 7.56. The number of pyridine rings is 1. The number of anilines is 1. The quantitative estimate of drug-likeness (QED) is 0.729. The Morgan fingerprint density at radius 1 is 1.15 bits per heavy atom. The summed E-state index contributed by atoms with van der Waals surface area (Å²) in [5, 5.41) is 1.80. The van der Waals surface area contributed by atoms with E-state index in [1.165, 1.54) is 11.4 Å². The number of benzene rings is 1. The molecule has 1 aromatic carbocycles. The molecule has 1 saturated heterocycles. The summed E-state index contributed by atoms with van der Waals surface area (Å²) in [6.07, 6.45) is 5.08. The summed E-state index contributed by atoms with van der Waals surface area (Å²) in [6.45, 7) is 6.39. The minimum atomic E-state index is 0.0628. The molecule has 4 heterocycles. The van der Waals surface area contributed by atoms with E-state index in [1.54, 1.807) is 0 Å². The zero-order valence-corrected chi connectivity index (χ0v) is 16.3. The first kappa shape index (κ1) is 17.0. The number of likely N-dealkylation sites (N-methyl/N-ethyl adjacent to an activating group) is 1. The van der Waals surface area contributed by atoms with E-state index in [2.05, 4.69) is 39.9 Å². The molecule has 3 aromatic rings. The van der Waals surface area contributed by atoms with Crippen LogP contribution < -0.4 is 4.90 Å². The van der Waals surface area contributed by atoms with E-state index in [9.17, 15) is 0 Å².